The van der Waals surface area contributed by atoms with Crippen molar-refractivity contribution in [2.24, 2.45) is 0 Å². The molecule has 1 heterocycles. The summed E-state index contributed by atoms with van der Waals surface area (Å²) < 4.78 is 41.4. The zero-order chi connectivity index (χ0) is 21.9. The molecule has 1 amide bonds. The molecule has 0 bridgehead atoms. The molecule has 11 nitrogen and oxygen atoms in total. The van der Waals surface area contributed by atoms with Crippen LogP contribution in [0.15, 0.2) is 36.4 Å². The molecule has 3 rings (SSSR count). The Morgan fingerprint density at radius 1 is 1.20 bits per heavy atom. The van der Waals surface area contributed by atoms with Crippen molar-refractivity contribution >= 4 is 33.0 Å². The molecule has 1 N–H and O–H groups in total. The van der Waals surface area contributed by atoms with E-state index in [0.717, 1.165) is 16.6 Å². The van der Waals surface area contributed by atoms with Gasteiger partial charge in [-0.15, -0.1) is 0 Å². The first-order valence-electron chi connectivity index (χ1n) is 8.68. The van der Waals surface area contributed by atoms with Gasteiger partial charge in [-0.2, -0.15) is 0 Å². The van der Waals surface area contributed by atoms with Crippen molar-refractivity contribution in [1.82, 2.24) is 0 Å². The van der Waals surface area contributed by atoms with Gasteiger partial charge in [-0.25, -0.2) is 8.42 Å². The lowest BCUT2D eigenvalue weighted by Gasteiger charge is -2.24. The predicted octanol–water partition coefficient (Wildman–Crippen LogP) is 1.78. The first-order chi connectivity index (χ1) is 14.2. The molecular weight excluding hydrogens is 418 g/mol. The number of hydrogen-bond acceptors (Lipinski definition) is 8. The lowest BCUT2D eigenvalue weighted by molar-refractivity contribution is -0.384. The molecule has 0 atom stereocenters. The van der Waals surface area contributed by atoms with Crippen LogP contribution < -0.4 is 23.8 Å². The zero-order valence-corrected chi connectivity index (χ0v) is 17.0. The summed E-state index contributed by atoms with van der Waals surface area (Å²) in [6.45, 7) is 0.177. The third kappa shape index (κ3) is 4.71. The second kappa shape index (κ2) is 8.45. The number of hydrogen-bond donors (Lipinski definition) is 1. The average Bonchev–Trinajstić information content (AvgIpc) is 2.70. The van der Waals surface area contributed by atoms with Crippen LogP contribution in [0.1, 0.15) is 0 Å². The first kappa shape index (κ1) is 21.2. The van der Waals surface area contributed by atoms with Crippen LogP contribution >= 0.6 is 0 Å². The highest BCUT2D eigenvalue weighted by molar-refractivity contribution is 7.92. The number of ether oxygens (including phenoxy) is 3. The van der Waals surface area contributed by atoms with Crippen LogP contribution in [-0.2, 0) is 14.8 Å². The Bertz CT molecular complexity index is 1090. The third-order valence-electron chi connectivity index (χ3n) is 4.16. The number of rotatable bonds is 7. The summed E-state index contributed by atoms with van der Waals surface area (Å²) in [6, 6.07) is 8.26. The summed E-state index contributed by atoms with van der Waals surface area (Å²) >= 11 is 0. The standard InChI is InChI=1S/C18H19N3O8S/c1-27-15-6-4-13(21(23)24)10-14(15)20(30(2,25)26)11-18(22)19-12-3-5-16-17(9-12)29-8-7-28-16/h3-6,9-10H,7-8,11H2,1-2H3,(H,19,22). The van der Waals surface area contributed by atoms with Gasteiger partial charge in [0.15, 0.2) is 11.5 Å². The van der Waals surface area contributed by atoms with Crippen LogP contribution in [0.4, 0.5) is 17.1 Å². The van der Waals surface area contributed by atoms with Gasteiger partial charge in [0.25, 0.3) is 5.69 Å². The third-order valence-corrected chi connectivity index (χ3v) is 5.28. The Hall–Kier alpha value is -3.54. The van der Waals surface area contributed by atoms with E-state index >= 15 is 0 Å². The number of nitrogens with one attached hydrogen (secondary N) is 1. The fraction of sp³-hybridized carbons (Fsp3) is 0.278. The van der Waals surface area contributed by atoms with Crippen molar-refractivity contribution in [2.45, 2.75) is 0 Å². The maximum absolute atomic E-state index is 12.6. The Balaban J connectivity index is 1.86. The Kier molecular flexibility index (Phi) is 5.96. The number of fused-ring (bicyclic) bond motifs is 1. The summed E-state index contributed by atoms with van der Waals surface area (Å²) in [6.07, 6.45) is 0.891. The van der Waals surface area contributed by atoms with Gasteiger partial charge in [-0.3, -0.25) is 19.2 Å². The largest absolute Gasteiger partial charge is 0.495 e. The summed E-state index contributed by atoms with van der Waals surface area (Å²) in [5.41, 5.74) is -0.0815. The number of sulfonamides is 1. The fourth-order valence-electron chi connectivity index (χ4n) is 2.82. The number of nitrogens with zero attached hydrogens (tertiary/aromatic N) is 2. The zero-order valence-electron chi connectivity index (χ0n) is 16.2. The number of methoxy groups -OCH3 is 1. The molecule has 30 heavy (non-hydrogen) atoms. The van der Waals surface area contributed by atoms with Gasteiger partial charge in [0, 0.05) is 23.9 Å². The Labute approximate surface area is 172 Å². The normalized spacial score (nSPS) is 12.7. The van der Waals surface area contributed by atoms with Crippen LogP contribution in [0.3, 0.4) is 0 Å². The molecule has 2 aromatic rings. The quantitative estimate of drug-likeness (QED) is 0.511. The molecule has 12 heteroatoms. The van der Waals surface area contributed by atoms with Gasteiger partial charge in [-0.05, 0) is 18.2 Å². The Morgan fingerprint density at radius 3 is 2.53 bits per heavy atom. The van der Waals surface area contributed by atoms with Crippen LogP contribution in [0.2, 0.25) is 0 Å². The average molecular weight is 437 g/mol. The lowest BCUT2D eigenvalue weighted by Crippen LogP contribution is -2.37. The molecule has 2 aromatic carbocycles. The first-order valence-corrected chi connectivity index (χ1v) is 10.5. The number of non-ortho nitro benzene ring substituents is 1. The topological polar surface area (TPSA) is 137 Å². The van der Waals surface area contributed by atoms with Crippen molar-refractivity contribution in [3.8, 4) is 17.2 Å². The van der Waals surface area contributed by atoms with Crippen LogP contribution in [0, 0.1) is 10.1 Å². The molecule has 1 aliphatic rings. The van der Waals surface area contributed by atoms with Gasteiger partial charge in [0.1, 0.15) is 31.2 Å². The maximum Gasteiger partial charge on any atom is 0.271 e. The number of amides is 1. The molecule has 0 aromatic heterocycles. The predicted molar refractivity (Wildman–Crippen MR) is 108 cm³/mol. The summed E-state index contributed by atoms with van der Waals surface area (Å²) in [5, 5.41) is 13.7. The maximum atomic E-state index is 12.6. The summed E-state index contributed by atoms with van der Waals surface area (Å²) in [5.74, 6) is 0.404. The summed E-state index contributed by atoms with van der Waals surface area (Å²) in [4.78, 5) is 23.0. The number of nitro groups is 1. The number of anilines is 2. The second-order valence-electron chi connectivity index (χ2n) is 6.29. The smallest absolute Gasteiger partial charge is 0.271 e. The van der Waals surface area contributed by atoms with E-state index in [4.69, 9.17) is 14.2 Å². The van der Waals surface area contributed by atoms with Crippen LogP contribution in [-0.4, -0.2) is 52.4 Å². The molecule has 0 radical (unpaired) electrons. The van der Waals surface area contributed by atoms with E-state index in [0.29, 0.717) is 30.4 Å². The fourth-order valence-corrected chi connectivity index (χ4v) is 3.67. The van der Waals surface area contributed by atoms with Crippen molar-refractivity contribution in [3.63, 3.8) is 0 Å². The number of benzene rings is 2. The minimum Gasteiger partial charge on any atom is -0.495 e. The van der Waals surface area contributed by atoms with Crippen LogP contribution in [0.5, 0.6) is 17.2 Å². The van der Waals surface area contributed by atoms with Gasteiger partial charge < -0.3 is 19.5 Å². The second-order valence-corrected chi connectivity index (χ2v) is 8.20. The molecule has 0 saturated carbocycles. The van der Waals surface area contributed by atoms with E-state index in [1.165, 1.54) is 19.2 Å². The molecule has 0 unspecified atom stereocenters. The SMILES string of the molecule is COc1ccc([N+](=O)[O-])cc1N(CC(=O)Nc1ccc2c(c1)OCCO2)S(C)(=O)=O. The van der Waals surface area contributed by atoms with E-state index in [-0.39, 0.29) is 17.1 Å². The molecule has 0 fully saturated rings. The molecular formula is C18H19N3O8S. The van der Waals surface area contributed by atoms with Crippen molar-refractivity contribution in [1.29, 1.82) is 0 Å². The number of nitro benzene ring substituents is 1. The molecule has 0 spiro atoms. The highest BCUT2D eigenvalue weighted by Crippen LogP contribution is 2.34. The highest BCUT2D eigenvalue weighted by atomic mass is 32.2. The molecule has 0 saturated heterocycles. The van der Waals surface area contributed by atoms with Gasteiger partial charge in [0.2, 0.25) is 15.9 Å². The van der Waals surface area contributed by atoms with E-state index in [1.807, 2.05) is 0 Å². The van der Waals surface area contributed by atoms with Crippen molar-refractivity contribution in [2.75, 3.05) is 42.7 Å². The van der Waals surface area contributed by atoms with E-state index < -0.39 is 27.4 Å². The number of carbonyl (C=O) groups excluding carboxylic acids is 1. The van der Waals surface area contributed by atoms with Gasteiger partial charge in [0.05, 0.1) is 18.3 Å². The van der Waals surface area contributed by atoms with Crippen LogP contribution in [0.25, 0.3) is 0 Å². The van der Waals surface area contributed by atoms with Gasteiger partial charge in [-0.1, -0.05) is 0 Å². The molecule has 1 aliphatic heterocycles. The van der Waals surface area contributed by atoms with E-state index in [2.05, 4.69) is 5.32 Å². The number of carbonyl (C=O) groups is 1. The summed E-state index contributed by atoms with van der Waals surface area (Å²) in [7, 11) is -2.68. The van der Waals surface area contributed by atoms with Crippen molar-refractivity contribution in [3.05, 3.63) is 46.5 Å². The monoisotopic (exact) mass is 437 g/mol. The molecule has 160 valence electrons. The highest BCUT2D eigenvalue weighted by Gasteiger charge is 2.26. The minimum atomic E-state index is -3.97. The lowest BCUT2D eigenvalue weighted by atomic mass is 10.2. The van der Waals surface area contributed by atoms with Crippen molar-refractivity contribution < 1.29 is 32.3 Å². The van der Waals surface area contributed by atoms with E-state index in [1.54, 1.807) is 18.2 Å². The van der Waals surface area contributed by atoms with E-state index in [9.17, 15) is 23.3 Å². The Morgan fingerprint density at radius 2 is 1.90 bits per heavy atom. The minimum absolute atomic E-state index is 0.0677. The van der Waals surface area contributed by atoms with Gasteiger partial charge >= 0.3 is 0 Å². The molecule has 0 aliphatic carbocycles.